The minimum atomic E-state index is -0.550. The Balaban J connectivity index is 1.65. The summed E-state index contributed by atoms with van der Waals surface area (Å²) < 4.78 is 1.51. The van der Waals surface area contributed by atoms with E-state index in [0.717, 1.165) is 22.2 Å². The van der Waals surface area contributed by atoms with Crippen molar-refractivity contribution in [2.24, 2.45) is 0 Å². The van der Waals surface area contributed by atoms with Crippen molar-refractivity contribution in [3.05, 3.63) is 81.6 Å². The first-order valence-corrected chi connectivity index (χ1v) is 9.43. The second kappa shape index (κ2) is 7.92. The average Bonchev–Trinajstić information content (AvgIpc) is 3.05. The highest BCUT2D eigenvalue weighted by atomic mass is 35.5. The lowest BCUT2D eigenvalue weighted by molar-refractivity contribution is -0.384. The number of fused-ring (bicyclic) bond motifs is 1. The summed E-state index contributed by atoms with van der Waals surface area (Å²) >= 11 is 6.06. The Labute approximate surface area is 176 Å². The van der Waals surface area contributed by atoms with Gasteiger partial charge in [-0.3, -0.25) is 14.9 Å². The van der Waals surface area contributed by atoms with Gasteiger partial charge in [-0.15, -0.1) is 0 Å². The number of nitro groups is 1. The molecule has 0 bridgehead atoms. The average molecular weight is 422 g/mol. The molecule has 0 saturated carbocycles. The second-order valence-electron chi connectivity index (χ2n) is 6.64. The highest BCUT2D eigenvalue weighted by molar-refractivity contribution is 6.33. The summed E-state index contributed by atoms with van der Waals surface area (Å²) in [6.45, 7) is 1.75. The van der Waals surface area contributed by atoms with Crippen LogP contribution < -0.4 is 5.32 Å². The number of aryl methyl sites for hydroxylation is 1. The van der Waals surface area contributed by atoms with Gasteiger partial charge in [-0.2, -0.15) is 5.10 Å². The Morgan fingerprint density at radius 3 is 2.70 bits per heavy atom. The zero-order chi connectivity index (χ0) is 21.3. The fourth-order valence-electron chi connectivity index (χ4n) is 3.30. The third kappa shape index (κ3) is 3.72. The topological polar surface area (TPSA) is 103 Å². The van der Waals surface area contributed by atoms with Crippen molar-refractivity contribution in [1.82, 2.24) is 14.8 Å². The Morgan fingerprint density at radius 1 is 1.20 bits per heavy atom. The first kappa shape index (κ1) is 19.5. The molecule has 0 aliphatic heterocycles. The van der Waals surface area contributed by atoms with E-state index >= 15 is 0 Å². The molecule has 0 aliphatic rings. The normalized spacial score (nSPS) is 10.9. The van der Waals surface area contributed by atoms with Crippen molar-refractivity contribution in [2.75, 3.05) is 5.32 Å². The zero-order valence-electron chi connectivity index (χ0n) is 15.9. The van der Waals surface area contributed by atoms with Crippen molar-refractivity contribution in [3.8, 4) is 11.1 Å². The maximum Gasteiger partial charge on any atom is 0.271 e. The summed E-state index contributed by atoms with van der Waals surface area (Å²) in [5, 5.41) is 19.1. The zero-order valence-corrected chi connectivity index (χ0v) is 16.6. The number of nitrogens with zero attached hydrogens (tertiary/aromatic N) is 4. The molecular formula is C21H16ClN5O3. The lowest BCUT2D eigenvalue weighted by Gasteiger charge is -2.08. The highest BCUT2D eigenvalue weighted by Gasteiger charge is 2.17. The fourth-order valence-corrected chi connectivity index (χ4v) is 3.46. The number of carbonyl (C=O) groups is 1. The van der Waals surface area contributed by atoms with Crippen LogP contribution in [0.4, 0.5) is 11.4 Å². The van der Waals surface area contributed by atoms with Gasteiger partial charge in [0.2, 0.25) is 5.91 Å². The van der Waals surface area contributed by atoms with Gasteiger partial charge < -0.3 is 5.32 Å². The van der Waals surface area contributed by atoms with Crippen LogP contribution >= 0.6 is 11.6 Å². The summed E-state index contributed by atoms with van der Waals surface area (Å²) in [6, 6.07) is 15.6. The molecule has 0 unspecified atom stereocenters. The Bertz CT molecular complexity index is 1270. The van der Waals surface area contributed by atoms with E-state index in [0.29, 0.717) is 5.65 Å². The van der Waals surface area contributed by atoms with Crippen molar-refractivity contribution in [2.45, 2.75) is 13.5 Å². The number of nitro benzene ring substituents is 1. The van der Waals surface area contributed by atoms with E-state index in [1.54, 1.807) is 6.20 Å². The molecular weight excluding hydrogens is 406 g/mol. The number of hydrogen-bond donors (Lipinski definition) is 1. The molecule has 0 radical (unpaired) electrons. The number of hydrogen-bond acceptors (Lipinski definition) is 5. The molecule has 0 atom stereocenters. The number of halogens is 1. The van der Waals surface area contributed by atoms with Gasteiger partial charge in [-0.25, -0.2) is 9.67 Å². The lowest BCUT2D eigenvalue weighted by atomic mass is 10.0. The third-order valence-corrected chi connectivity index (χ3v) is 4.95. The van der Waals surface area contributed by atoms with Gasteiger partial charge in [0.15, 0.2) is 5.65 Å². The van der Waals surface area contributed by atoms with Crippen molar-refractivity contribution in [3.63, 3.8) is 0 Å². The smallest absolute Gasteiger partial charge is 0.271 e. The van der Waals surface area contributed by atoms with E-state index in [1.807, 2.05) is 43.3 Å². The molecule has 0 spiro atoms. The minimum Gasteiger partial charge on any atom is -0.323 e. The van der Waals surface area contributed by atoms with Crippen LogP contribution in [0.15, 0.2) is 60.8 Å². The number of non-ortho nitro benzene ring substituents is 1. The summed E-state index contributed by atoms with van der Waals surface area (Å²) in [5.41, 5.74) is 3.34. The van der Waals surface area contributed by atoms with Gasteiger partial charge >= 0.3 is 0 Å². The first-order valence-electron chi connectivity index (χ1n) is 9.05. The number of rotatable bonds is 5. The number of aromatic nitrogens is 3. The molecule has 8 nitrogen and oxygen atoms in total. The van der Waals surface area contributed by atoms with Gasteiger partial charge in [-0.05, 0) is 30.2 Å². The van der Waals surface area contributed by atoms with E-state index in [2.05, 4.69) is 15.4 Å². The molecule has 2 aromatic heterocycles. The summed E-state index contributed by atoms with van der Waals surface area (Å²) in [5.74, 6) is -0.422. The maximum absolute atomic E-state index is 12.6. The van der Waals surface area contributed by atoms with E-state index in [4.69, 9.17) is 11.6 Å². The predicted molar refractivity (Wildman–Crippen MR) is 114 cm³/mol. The number of pyridine rings is 1. The molecule has 1 N–H and O–H groups in total. The molecule has 0 fully saturated rings. The summed E-state index contributed by atoms with van der Waals surface area (Å²) in [4.78, 5) is 27.4. The number of nitrogens with one attached hydrogen (secondary N) is 1. The van der Waals surface area contributed by atoms with E-state index < -0.39 is 10.8 Å². The van der Waals surface area contributed by atoms with Crippen molar-refractivity contribution in [1.29, 1.82) is 0 Å². The van der Waals surface area contributed by atoms with E-state index in [9.17, 15) is 14.9 Å². The first-order chi connectivity index (χ1) is 14.4. The van der Waals surface area contributed by atoms with Crippen LogP contribution in [0.5, 0.6) is 0 Å². The maximum atomic E-state index is 12.6. The van der Waals surface area contributed by atoms with Crippen molar-refractivity contribution < 1.29 is 9.72 Å². The molecule has 150 valence electrons. The highest BCUT2D eigenvalue weighted by Crippen LogP contribution is 2.30. The predicted octanol–water partition coefficient (Wildman–Crippen LogP) is 4.61. The van der Waals surface area contributed by atoms with E-state index in [1.165, 1.54) is 22.9 Å². The molecule has 2 aromatic carbocycles. The SMILES string of the molecule is Cc1nn(CC(=O)Nc2cc([N+](=O)[O-])ccc2Cl)c2nccc(-c3ccccc3)c12. The van der Waals surface area contributed by atoms with Crippen LogP contribution in [0.1, 0.15) is 5.69 Å². The van der Waals surface area contributed by atoms with Crippen LogP contribution in [0.25, 0.3) is 22.2 Å². The van der Waals surface area contributed by atoms with Crippen LogP contribution in [0, 0.1) is 17.0 Å². The Hall–Kier alpha value is -3.78. The molecule has 4 rings (SSSR count). The number of benzene rings is 2. The molecule has 4 aromatic rings. The molecule has 0 saturated heterocycles. The van der Waals surface area contributed by atoms with Crippen molar-refractivity contribution >= 4 is 39.9 Å². The molecule has 2 heterocycles. The van der Waals surface area contributed by atoms with Gasteiger partial charge in [0.1, 0.15) is 6.54 Å². The van der Waals surface area contributed by atoms with Crippen LogP contribution in [0.2, 0.25) is 5.02 Å². The third-order valence-electron chi connectivity index (χ3n) is 4.62. The second-order valence-corrected chi connectivity index (χ2v) is 7.04. The van der Waals surface area contributed by atoms with Gasteiger partial charge in [-0.1, -0.05) is 41.9 Å². The van der Waals surface area contributed by atoms with Crippen LogP contribution in [-0.4, -0.2) is 25.6 Å². The van der Waals surface area contributed by atoms with E-state index in [-0.39, 0.29) is 22.9 Å². The molecule has 9 heteroatoms. The monoisotopic (exact) mass is 421 g/mol. The number of amides is 1. The number of carbonyl (C=O) groups excluding carboxylic acids is 1. The Morgan fingerprint density at radius 2 is 1.97 bits per heavy atom. The van der Waals surface area contributed by atoms with Gasteiger partial charge in [0.05, 0.1) is 21.3 Å². The van der Waals surface area contributed by atoms with Crippen LogP contribution in [0.3, 0.4) is 0 Å². The number of anilines is 1. The molecule has 0 aliphatic carbocycles. The lowest BCUT2D eigenvalue weighted by Crippen LogP contribution is -2.20. The summed E-state index contributed by atoms with van der Waals surface area (Å²) in [6.07, 6.45) is 1.68. The summed E-state index contributed by atoms with van der Waals surface area (Å²) in [7, 11) is 0. The largest absolute Gasteiger partial charge is 0.323 e. The Kier molecular flexibility index (Phi) is 5.16. The van der Waals surface area contributed by atoms with Gasteiger partial charge in [0, 0.05) is 23.7 Å². The fraction of sp³-hybridized carbons (Fsp3) is 0.0952. The van der Waals surface area contributed by atoms with Gasteiger partial charge in [0.25, 0.3) is 5.69 Å². The standard InChI is InChI=1S/C21H16ClN5O3/c1-13-20-16(14-5-3-2-4-6-14)9-10-23-21(20)26(25-13)12-19(28)24-18-11-15(27(29)30)7-8-17(18)22/h2-11H,12H2,1H3,(H,24,28). The van der Waals surface area contributed by atoms with Crippen LogP contribution in [-0.2, 0) is 11.3 Å². The minimum absolute atomic E-state index is 0.116. The quantitative estimate of drug-likeness (QED) is 0.374. The molecule has 30 heavy (non-hydrogen) atoms. The molecule has 1 amide bonds.